The van der Waals surface area contributed by atoms with E-state index in [4.69, 9.17) is 21.1 Å². The first kappa shape index (κ1) is 22.1. The van der Waals surface area contributed by atoms with Gasteiger partial charge in [-0.1, -0.05) is 12.7 Å². The van der Waals surface area contributed by atoms with Crippen LogP contribution in [0.3, 0.4) is 0 Å². The average Bonchev–Trinajstić information content (AvgIpc) is 2.42. The molecular weight excluding hydrogens is 419 g/mol. The van der Waals surface area contributed by atoms with Crippen LogP contribution in [0.25, 0.3) is 0 Å². The zero-order valence-corrected chi connectivity index (χ0v) is 16.4. The summed E-state index contributed by atoms with van der Waals surface area (Å²) in [6.07, 6.45) is 4.28. The maximum absolute atomic E-state index is 11.7. The fraction of sp³-hybridized carbons (Fsp3) is 0.688. The molecule has 0 saturated carbocycles. The van der Waals surface area contributed by atoms with Gasteiger partial charge in [-0.15, -0.1) is 11.6 Å². The maximum atomic E-state index is 11.7. The highest BCUT2D eigenvalue weighted by atomic mass is 127. The number of aliphatic hydroxyl groups excluding tert-OH is 1. The van der Waals surface area contributed by atoms with Gasteiger partial charge < -0.3 is 14.6 Å². The van der Waals surface area contributed by atoms with Crippen molar-refractivity contribution in [3.8, 4) is 0 Å². The molecule has 0 spiro atoms. The number of aliphatic hydroxyl groups is 1. The SMILES string of the molecule is C=C(I)C[C@H](Cl)CCC(=O)/C=C/C(O)CCOC(C)(C)OC. The highest BCUT2D eigenvalue weighted by Crippen LogP contribution is 2.19. The normalized spacial score (nSPS) is 15.0. The summed E-state index contributed by atoms with van der Waals surface area (Å²) in [7, 11) is 1.56. The standard InChI is InChI=1S/C16H26ClIO4/c1-12(18)11-13(17)5-6-14(19)7-8-15(20)9-10-22-16(2,3)21-4/h7-8,13,15,20H,1,5-6,9-11H2,2-4H3/b8-7+/t13-,15?/m1/s1. The molecule has 0 aliphatic carbocycles. The van der Waals surface area contributed by atoms with E-state index in [0.717, 1.165) is 3.58 Å². The Morgan fingerprint density at radius 3 is 2.64 bits per heavy atom. The van der Waals surface area contributed by atoms with Crippen LogP contribution in [0, 0.1) is 0 Å². The number of carbonyl (C=O) groups is 1. The Balaban J connectivity index is 3.94. The lowest BCUT2D eigenvalue weighted by atomic mass is 10.1. The number of ether oxygens (including phenoxy) is 2. The Labute approximate surface area is 152 Å². The summed E-state index contributed by atoms with van der Waals surface area (Å²) in [6, 6.07) is 0. The van der Waals surface area contributed by atoms with Crippen LogP contribution in [-0.2, 0) is 14.3 Å². The monoisotopic (exact) mass is 444 g/mol. The van der Waals surface area contributed by atoms with Crippen LogP contribution in [0.4, 0.5) is 0 Å². The predicted molar refractivity (Wildman–Crippen MR) is 98.5 cm³/mol. The molecular formula is C16H26ClIO4. The van der Waals surface area contributed by atoms with Gasteiger partial charge in [0.2, 0.25) is 0 Å². The Kier molecular flexibility index (Phi) is 11.6. The molecule has 2 atom stereocenters. The summed E-state index contributed by atoms with van der Waals surface area (Å²) in [5, 5.41) is 9.69. The number of rotatable bonds is 12. The molecule has 0 saturated heterocycles. The van der Waals surface area contributed by atoms with Crippen molar-refractivity contribution < 1.29 is 19.4 Å². The van der Waals surface area contributed by atoms with Crippen LogP contribution in [-0.4, -0.2) is 41.9 Å². The summed E-state index contributed by atoms with van der Waals surface area (Å²) in [5.41, 5.74) is 0. The fourth-order valence-electron chi connectivity index (χ4n) is 1.52. The Bertz CT molecular complexity index is 382. The van der Waals surface area contributed by atoms with Gasteiger partial charge in [0.05, 0.1) is 12.7 Å². The molecule has 1 N–H and O–H groups in total. The molecule has 0 aliphatic heterocycles. The van der Waals surface area contributed by atoms with Crippen molar-refractivity contribution in [1.82, 2.24) is 0 Å². The van der Waals surface area contributed by atoms with Gasteiger partial charge in [0.1, 0.15) is 0 Å². The Morgan fingerprint density at radius 2 is 2.09 bits per heavy atom. The Morgan fingerprint density at radius 1 is 1.45 bits per heavy atom. The van der Waals surface area contributed by atoms with E-state index in [1.165, 1.54) is 12.2 Å². The summed E-state index contributed by atoms with van der Waals surface area (Å²) < 4.78 is 11.5. The zero-order chi connectivity index (χ0) is 17.2. The summed E-state index contributed by atoms with van der Waals surface area (Å²) >= 11 is 8.22. The molecule has 0 fully saturated rings. The molecule has 0 heterocycles. The van der Waals surface area contributed by atoms with Crippen LogP contribution >= 0.6 is 34.2 Å². The number of carbonyl (C=O) groups excluding carboxylic acids is 1. The number of ketones is 1. The van der Waals surface area contributed by atoms with Gasteiger partial charge in [0.15, 0.2) is 11.6 Å². The molecule has 4 nitrogen and oxygen atoms in total. The highest BCUT2D eigenvalue weighted by Gasteiger charge is 2.16. The second kappa shape index (κ2) is 11.6. The van der Waals surface area contributed by atoms with Crippen LogP contribution in [0.2, 0.25) is 0 Å². The van der Waals surface area contributed by atoms with E-state index in [-0.39, 0.29) is 11.2 Å². The van der Waals surface area contributed by atoms with Gasteiger partial charge in [0, 0.05) is 25.3 Å². The van der Waals surface area contributed by atoms with Crippen molar-refractivity contribution in [3.05, 3.63) is 22.3 Å². The molecule has 0 aromatic carbocycles. The molecule has 0 aromatic heterocycles. The van der Waals surface area contributed by atoms with Crippen LogP contribution < -0.4 is 0 Å². The molecule has 6 heteroatoms. The van der Waals surface area contributed by atoms with E-state index in [0.29, 0.717) is 32.3 Å². The summed E-state index contributed by atoms with van der Waals surface area (Å²) in [4.78, 5) is 11.7. The van der Waals surface area contributed by atoms with Crippen molar-refractivity contribution in [1.29, 1.82) is 0 Å². The van der Waals surface area contributed by atoms with E-state index in [1.54, 1.807) is 21.0 Å². The van der Waals surface area contributed by atoms with E-state index < -0.39 is 11.9 Å². The Hall–Kier alpha value is 0.0500. The lowest BCUT2D eigenvalue weighted by molar-refractivity contribution is -0.199. The topological polar surface area (TPSA) is 55.8 Å². The number of allylic oxidation sites excluding steroid dienone is 2. The molecule has 0 radical (unpaired) electrons. The van der Waals surface area contributed by atoms with E-state index in [2.05, 4.69) is 29.2 Å². The molecule has 22 heavy (non-hydrogen) atoms. The second-order valence-corrected chi connectivity index (χ2v) is 7.63. The first-order valence-electron chi connectivity index (χ1n) is 7.22. The highest BCUT2D eigenvalue weighted by molar-refractivity contribution is 14.1. The van der Waals surface area contributed by atoms with E-state index >= 15 is 0 Å². The summed E-state index contributed by atoms with van der Waals surface area (Å²) in [5.74, 6) is -0.709. The quantitative estimate of drug-likeness (QED) is 0.214. The second-order valence-electron chi connectivity index (χ2n) is 5.49. The summed E-state index contributed by atoms with van der Waals surface area (Å²) in [6.45, 7) is 7.73. The van der Waals surface area contributed by atoms with Crippen LogP contribution in [0.5, 0.6) is 0 Å². The van der Waals surface area contributed by atoms with Gasteiger partial charge in [-0.05, 0) is 58.9 Å². The third kappa shape index (κ3) is 12.6. The number of hydrogen-bond donors (Lipinski definition) is 1. The average molecular weight is 445 g/mol. The molecule has 0 amide bonds. The van der Waals surface area contributed by atoms with Crippen molar-refractivity contribution >= 4 is 40.0 Å². The number of alkyl halides is 1. The molecule has 1 unspecified atom stereocenters. The molecule has 0 rings (SSSR count). The zero-order valence-electron chi connectivity index (χ0n) is 13.5. The first-order chi connectivity index (χ1) is 10.2. The molecule has 0 bridgehead atoms. The van der Waals surface area contributed by atoms with Crippen LogP contribution in [0.15, 0.2) is 22.3 Å². The van der Waals surface area contributed by atoms with Gasteiger partial charge in [0.25, 0.3) is 0 Å². The van der Waals surface area contributed by atoms with Gasteiger partial charge in [-0.3, -0.25) is 4.79 Å². The third-order valence-corrected chi connectivity index (χ3v) is 3.82. The van der Waals surface area contributed by atoms with E-state index in [9.17, 15) is 9.90 Å². The number of methoxy groups -OCH3 is 1. The van der Waals surface area contributed by atoms with Crippen molar-refractivity contribution in [2.24, 2.45) is 0 Å². The van der Waals surface area contributed by atoms with Gasteiger partial charge in [-0.25, -0.2) is 0 Å². The molecule has 0 aliphatic rings. The number of hydrogen-bond acceptors (Lipinski definition) is 4. The van der Waals surface area contributed by atoms with Crippen molar-refractivity contribution in [2.75, 3.05) is 13.7 Å². The molecule has 0 aromatic rings. The predicted octanol–water partition coefficient (Wildman–Crippen LogP) is 3.99. The molecule has 128 valence electrons. The maximum Gasteiger partial charge on any atom is 0.162 e. The van der Waals surface area contributed by atoms with Crippen LogP contribution in [0.1, 0.15) is 39.5 Å². The van der Waals surface area contributed by atoms with Crippen molar-refractivity contribution in [3.63, 3.8) is 0 Å². The first-order valence-corrected chi connectivity index (χ1v) is 8.73. The lowest BCUT2D eigenvalue weighted by Crippen LogP contribution is -2.28. The minimum absolute atomic E-state index is 0.0399. The van der Waals surface area contributed by atoms with E-state index in [1.807, 2.05) is 0 Å². The van der Waals surface area contributed by atoms with Crippen molar-refractivity contribution in [2.45, 2.75) is 56.8 Å². The fourth-order valence-corrected chi connectivity index (χ4v) is 2.61. The minimum atomic E-state index is -0.711. The minimum Gasteiger partial charge on any atom is -0.389 e. The largest absolute Gasteiger partial charge is 0.389 e. The van der Waals surface area contributed by atoms with Gasteiger partial charge >= 0.3 is 0 Å². The lowest BCUT2D eigenvalue weighted by Gasteiger charge is -2.23. The third-order valence-electron chi connectivity index (χ3n) is 3.01. The van der Waals surface area contributed by atoms with Gasteiger partial charge in [-0.2, -0.15) is 0 Å². The number of halogens is 2. The smallest absolute Gasteiger partial charge is 0.162 e.